The average molecular weight is 342 g/mol. The molecule has 0 aliphatic carbocycles. The van der Waals surface area contributed by atoms with E-state index in [2.05, 4.69) is 15.2 Å². The molecule has 2 saturated heterocycles. The molecule has 1 aromatic heterocycles. The minimum Gasteiger partial charge on any atom is -0.348 e. The second-order valence-corrected chi connectivity index (χ2v) is 7.28. The number of aromatic nitrogens is 1. The first-order valence-electron chi connectivity index (χ1n) is 8.58. The van der Waals surface area contributed by atoms with E-state index >= 15 is 0 Å². The maximum atomic E-state index is 12.7. The van der Waals surface area contributed by atoms with Crippen LogP contribution in [0.25, 0.3) is 0 Å². The molecule has 0 spiro atoms. The highest BCUT2D eigenvalue weighted by Gasteiger charge is 2.34. The Morgan fingerprint density at radius 1 is 1.08 bits per heavy atom. The molecule has 2 aromatic rings. The summed E-state index contributed by atoms with van der Waals surface area (Å²) in [6.45, 7) is 2.82. The van der Waals surface area contributed by atoms with E-state index in [0.29, 0.717) is 6.04 Å². The summed E-state index contributed by atoms with van der Waals surface area (Å²) >= 11 is 1.70. The smallest absolute Gasteiger partial charge is 0.244 e. The molecule has 5 nitrogen and oxygen atoms in total. The lowest BCUT2D eigenvalue weighted by molar-refractivity contribution is -0.119. The number of carbonyl (C=O) groups is 1. The van der Waals surface area contributed by atoms with Crippen LogP contribution in [-0.4, -0.2) is 42.6 Å². The van der Waals surface area contributed by atoms with Gasteiger partial charge >= 0.3 is 0 Å². The molecule has 4 rings (SSSR count). The molecule has 126 valence electrons. The maximum Gasteiger partial charge on any atom is 0.244 e. The van der Waals surface area contributed by atoms with Gasteiger partial charge in [0, 0.05) is 42.9 Å². The number of rotatable bonds is 4. The molecule has 1 amide bonds. The van der Waals surface area contributed by atoms with Gasteiger partial charge in [-0.15, -0.1) is 11.3 Å². The number of nitrogens with zero attached hydrogens (tertiary/aromatic N) is 3. The molecule has 6 heteroatoms. The first kappa shape index (κ1) is 15.6. The van der Waals surface area contributed by atoms with Crippen LogP contribution in [0.3, 0.4) is 0 Å². The Bertz CT molecular complexity index is 668. The highest BCUT2D eigenvalue weighted by atomic mass is 32.1. The predicted octanol–water partition coefficient (Wildman–Crippen LogP) is 2.51. The van der Waals surface area contributed by atoms with Gasteiger partial charge in [0.1, 0.15) is 0 Å². The van der Waals surface area contributed by atoms with E-state index in [1.165, 1.54) is 0 Å². The van der Waals surface area contributed by atoms with Crippen molar-refractivity contribution in [2.75, 3.05) is 29.4 Å². The van der Waals surface area contributed by atoms with Crippen LogP contribution in [0.4, 0.5) is 10.8 Å². The zero-order valence-electron chi connectivity index (χ0n) is 13.6. The van der Waals surface area contributed by atoms with Crippen LogP contribution in [0.15, 0.2) is 41.9 Å². The topological polar surface area (TPSA) is 48.5 Å². The third-order valence-electron chi connectivity index (χ3n) is 4.90. The van der Waals surface area contributed by atoms with Crippen LogP contribution < -0.4 is 15.1 Å². The van der Waals surface area contributed by atoms with Gasteiger partial charge in [0.15, 0.2) is 5.13 Å². The summed E-state index contributed by atoms with van der Waals surface area (Å²) < 4.78 is 0. The Morgan fingerprint density at radius 2 is 1.88 bits per heavy atom. The SMILES string of the molecule is O=C1[C@H](NC2CCN(c3nccs3)CC2)CCN1c1ccccc1. The highest BCUT2D eigenvalue weighted by Crippen LogP contribution is 2.24. The van der Waals surface area contributed by atoms with Gasteiger partial charge in [0.05, 0.1) is 6.04 Å². The summed E-state index contributed by atoms with van der Waals surface area (Å²) in [5, 5.41) is 6.73. The van der Waals surface area contributed by atoms with Crippen molar-refractivity contribution in [1.82, 2.24) is 10.3 Å². The molecule has 1 atom stereocenters. The van der Waals surface area contributed by atoms with E-state index in [0.717, 1.165) is 49.7 Å². The Kier molecular flexibility index (Phi) is 4.49. The molecular formula is C18H22N4OS. The number of hydrogen-bond acceptors (Lipinski definition) is 5. The molecule has 24 heavy (non-hydrogen) atoms. The normalized spacial score (nSPS) is 22.3. The Balaban J connectivity index is 1.32. The van der Waals surface area contributed by atoms with Gasteiger partial charge in [0.2, 0.25) is 5.91 Å². The molecule has 0 bridgehead atoms. The predicted molar refractivity (Wildman–Crippen MR) is 97.7 cm³/mol. The summed E-state index contributed by atoms with van der Waals surface area (Å²) in [6.07, 6.45) is 4.88. The number of anilines is 2. The van der Waals surface area contributed by atoms with E-state index in [9.17, 15) is 4.79 Å². The minimum atomic E-state index is -0.0402. The standard InChI is InChI=1S/C18H22N4OS/c23-17-16(8-12-22(17)15-4-2-1-3-5-15)20-14-6-10-21(11-7-14)18-19-9-13-24-18/h1-5,9,13-14,16,20H,6-8,10-12H2/t16-/m1/s1. The molecule has 3 heterocycles. The van der Waals surface area contributed by atoms with Crippen LogP contribution in [0.2, 0.25) is 0 Å². The lowest BCUT2D eigenvalue weighted by Crippen LogP contribution is -2.48. The molecule has 1 N–H and O–H groups in total. The van der Waals surface area contributed by atoms with Gasteiger partial charge in [-0.05, 0) is 31.4 Å². The van der Waals surface area contributed by atoms with Crippen LogP contribution in [-0.2, 0) is 4.79 Å². The van der Waals surface area contributed by atoms with Gasteiger partial charge in [-0.3, -0.25) is 4.79 Å². The Hall–Kier alpha value is -1.92. The fraction of sp³-hybridized carbons (Fsp3) is 0.444. The molecule has 0 radical (unpaired) electrons. The van der Waals surface area contributed by atoms with Gasteiger partial charge in [-0.1, -0.05) is 18.2 Å². The Labute approximate surface area is 146 Å². The molecular weight excluding hydrogens is 320 g/mol. The summed E-state index contributed by atoms with van der Waals surface area (Å²) in [7, 11) is 0. The maximum absolute atomic E-state index is 12.7. The molecule has 0 unspecified atom stereocenters. The van der Waals surface area contributed by atoms with Crippen molar-refractivity contribution >= 4 is 28.1 Å². The fourth-order valence-electron chi connectivity index (χ4n) is 3.59. The fourth-order valence-corrected chi connectivity index (χ4v) is 4.29. The van der Waals surface area contributed by atoms with Crippen molar-refractivity contribution in [3.63, 3.8) is 0 Å². The largest absolute Gasteiger partial charge is 0.348 e. The van der Waals surface area contributed by atoms with Gasteiger partial charge in [0.25, 0.3) is 0 Å². The summed E-state index contributed by atoms with van der Waals surface area (Å²) in [4.78, 5) is 21.3. The van der Waals surface area contributed by atoms with Crippen LogP contribution in [0, 0.1) is 0 Å². The number of benzene rings is 1. The van der Waals surface area contributed by atoms with E-state index in [4.69, 9.17) is 0 Å². The van der Waals surface area contributed by atoms with E-state index < -0.39 is 0 Å². The lowest BCUT2D eigenvalue weighted by atomic mass is 10.0. The van der Waals surface area contributed by atoms with Crippen LogP contribution >= 0.6 is 11.3 Å². The molecule has 2 fully saturated rings. The molecule has 1 aromatic carbocycles. The van der Waals surface area contributed by atoms with Gasteiger partial charge < -0.3 is 15.1 Å². The van der Waals surface area contributed by atoms with E-state index in [-0.39, 0.29) is 11.9 Å². The zero-order chi connectivity index (χ0) is 16.4. The monoisotopic (exact) mass is 342 g/mol. The summed E-state index contributed by atoms with van der Waals surface area (Å²) in [6, 6.07) is 10.3. The van der Waals surface area contributed by atoms with Crippen molar-refractivity contribution in [2.45, 2.75) is 31.3 Å². The van der Waals surface area contributed by atoms with Crippen molar-refractivity contribution in [2.24, 2.45) is 0 Å². The van der Waals surface area contributed by atoms with Crippen molar-refractivity contribution < 1.29 is 4.79 Å². The van der Waals surface area contributed by atoms with Crippen molar-refractivity contribution in [3.8, 4) is 0 Å². The van der Waals surface area contributed by atoms with Gasteiger partial charge in [-0.2, -0.15) is 0 Å². The second kappa shape index (κ2) is 6.91. The minimum absolute atomic E-state index is 0.0402. The first-order chi connectivity index (χ1) is 11.8. The number of para-hydroxylation sites is 1. The number of carbonyl (C=O) groups excluding carboxylic acids is 1. The van der Waals surface area contributed by atoms with Crippen molar-refractivity contribution in [3.05, 3.63) is 41.9 Å². The molecule has 2 aliphatic heterocycles. The van der Waals surface area contributed by atoms with Crippen LogP contribution in [0.1, 0.15) is 19.3 Å². The zero-order valence-corrected chi connectivity index (χ0v) is 14.4. The first-order valence-corrected chi connectivity index (χ1v) is 9.46. The molecule has 2 aliphatic rings. The number of piperidine rings is 1. The Morgan fingerprint density at radius 3 is 2.58 bits per heavy atom. The second-order valence-electron chi connectivity index (χ2n) is 6.41. The molecule has 0 saturated carbocycles. The number of hydrogen-bond donors (Lipinski definition) is 1. The number of nitrogens with one attached hydrogen (secondary N) is 1. The lowest BCUT2D eigenvalue weighted by Gasteiger charge is -2.33. The number of amides is 1. The van der Waals surface area contributed by atoms with E-state index in [1.54, 1.807) is 11.3 Å². The van der Waals surface area contributed by atoms with Gasteiger partial charge in [-0.25, -0.2) is 4.98 Å². The number of thiazole rings is 1. The summed E-state index contributed by atoms with van der Waals surface area (Å²) in [5.41, 5.74) is 1.00. The van der Waals surface area contributed by atoms with Crippen molar-refractivity contribution in [1.29, 1.82) is 0 Å². The average Bonchev–Trinajstić information content (AvgIpc) is 3.28. The van der Waals surface area contributed by atoms with Crippen LogP contribution in [0.5, 0.6) is 0 Å². The summed E-state index contributed by atoms with van der Waals surface area (Å²) in [5.74, 6) is 0.212. The third kappa shape index (κ3) is 3.16. The third-order valence-corrected chi connectivity index (χ3v) is 5.73. The highest BCUT2D eigenvalue weighted by molar-refractivity contribution is 7.13. The quantitative estimate of drug-likeness (QED) is 0.927. The van der Waals surface area contributed by atoms with E-state index in [1.807, 2.05) is 46.8 Å².